The van der Waals surface area contributed by atoms with Gasteiger partial charge in [-0.15, -0.1) is 10.2 Å². The maximum absolute atomic E-state index is 6.29. The number of rotatable bonds is 10. The molecule has 35 heavy (non-hydrogen) atoms. The summed E-state index contributed by atoms with van der Waals surface area (Å²) in [5.41, 5.74) is 2.98. The number of aromatic nitrogens is 6. The molecule has 0 aliphatic heterocycles. The van der Waals surface area contributed by atoms with Crippen LogP contribution in [0.3, 0.4) is 0 Å². The molecule has 0 aliphatic rings. The van der Waals surface area contributed by atoms with Crippen molar-refractivity contribution < 1.29 is 9.47 Å². The lowest BCUT2D eigenvalue weighted by Gasteiger charge is -2.15. The van der Waals surface area contributed by atoms with E-state index in [4.69, 9.17) is 9.47 Å². The fourth-order valence-electron chi connectivity index (χ4n) is 3.71. The summed E-state index contributed by atoms with van der Waals surface area (Å²) in [7, 11) is 1.66. The molecule has 0 N–H and O–H groups in total. The number of benzene rings is 3. The van der Waals surface area contributed by atoms with Gasteiger partial charge in [0.15, 0.2) is 11.0 Å². The van der Waals surface area contributed by atoms with Gasteiger partial charge in [-0.1, -0.05) is 72.4 Å². The van der Waals surface area contributed by atoms with Gasteiger partial charge < -0.3 is 9.47 Å². The summed E-state index contributed by atoms with van der Waals surface area (Å²) in [4.78, 5) is 4.00. The topological polar surface area (TPSA) is 79.9 Å². The Hall–Kier alpha value is -4.11. The lowest BCUT2D eigenvalue weighted by Crippen LogP contribution is -2.09. The first-order chi connectivity index (χ1) is 17.3. The molecular formula is C26H24N6O2S. The minimum atomic E-state index is 0.249. The smallest absolute Gasteiger partial charge is 0.196 e. The molecule has 2 heterocycles. The Morgan fingerprint density at radius 1 is 0.857 bits per heavy atom. The second-order valence-corrected chi connectivity index (χ2v) is 8.63. The van der Waals surface area contributed by atoms with E-state index in [1.807, 2.05) is 65.2 Å². The monoisotopic (exact) mass is 484 g/mol. The van der Waals surface area contributed by atoms with Crippen LogP contribution in [0.1, 0.15) is 5.82 Å². The summed E-state index contributed by atoms with van der Waals surface area (Å²) < 4.78 is 15.7. The van der Waals surface area contributed by atoms with Gasteiger partial charge in [0.1, 0.15) is 30.8 Å². The van der Waals surface area contributed by atoms with E-state index in [2.05, 4.69) is 38.5 Å². The van der Waals surface area contributed by atoms with Crippen LogP contribution >= 0.6 is 11.8 Å². The van der Waals surface area contributed by atoms with Crippen molar-refractivity contribution in [2.24, 2.45) is 0 Å². The van der Waals surface area contributed by atoms with Gasteiger partial charge in [-0.2, -0.15) is 5.10 Å². The number of hydrogen-bond acceptors (Lipinski definition) is 7. The Morgan fingerprint density at radius 3 is 2.43 bits per heavy atom. The third kappa shape index (κ3) is 5.20. The van der Waals surface area contributed by atoms with Gasteiger partial charge >= 0.3 is 0 Å². The van der Waals surface area contributed by atoms with E-state index in [0.29, 0.717) is 12.4 Å². The number of methoxy groups -OCH3 is 1. The molecule has 3 aromatic carbocycles. The zero-order valence-corrected chi connectivity index (χ0v) is 20.0. The molecule has 8 nitrogen and oxygen atoms in total. The maximum atomic E-state index is 6.29. The molecule has 9 heteroatoms. The highest BCUT2D eigenvalue weighted by molar-refractivity contribution is 7.99. The predicted molar refractivity (Wildman–Crippen MR) is 135 cm³/mol. The molecule has 0 amide bonds. The molecule has 0 spiro atoms. The van der Waals surface area contributed by atoms with E-state index in [0.717, 1.165) is 39.2 Å². The molecule has 0 radical (unpaired) electrons. The van der Waals surface area contributed by atoms with Crippen LogP contribution in [0.4, 0.5) is 0 Å². The van der Waals surface area contributed by atoms with Crippen LogP contribution < -0.4 is 9.47 Å². The van der Waals surface area contributed by atoms with E-state index in [1.165, 1.54) is 6.33 Å². The third-order valence-corrected chi connectivity index (χ3v) is 6.28. The van der Waals surface area contributed by atoms with Crippen LogP contribution in [0.2, 0.25) is 0 Å². The lowest BCUT2D eigenvalue weighted by atomic mass is 10.1. The number of nitrogens with zero attached hydrogens (tertiary/aromatic N) is 6. The largest absolute Gasteiger partial charge is 0.495 e. The van der Waals surface area contributed by atoms with Crippen LogP contribution in [0.5, 0.6) is 11.5 Å². The standard InChI is InChI=1S/C26H24N6O2S/c1-33-24-14-8-6-12-22(24)32-25(29-30-26(32)35-16-15-31-19-27-18-28-31)17-34-23-13-7-5-11-21(23)20-9-3-2-4-10-20/h2-14,18-19H,15-17H2,1H3. The van der Waals surface area contributed by atoms with E-state index in [1.54, 1.807) is 29.9 Å². The molecular weight excluding hydrogens is 460 g/mol. The van der Waals surface area contributed by atoms with Crippen LogP contribution in [-0.4, -0.2) is 42.4 Å². The van der Waals surface area contributed by atoms with Crippen molar-refractivity contribution in [3.05, 3.63) is 97.3 Å². The fraction of sp³-hybridized carbons (Fsp3) is 0.154. The van der Waals surface area contributed by atoms with Gasteiger partial charge in [-0.3, -0.25) is 9.25 Å². The minimum Gasteiger partial charge on any atom is -0.495 e. The second kappa shape index (κ2) is 10.9. The average molecular weight is 485 g/mol. The van der Waals surface area contributed by atoms with Gasteiger partial charge in [-0.05, 0) is 23.8 Å². The average Bonchev–Trinajstić information content (AvgIpc) is 3.58. The van der Waals surface area contributed by atoms with E-state index in [-0.39, 0.29) is 6.61 Å². The highest BCUT2D eigenvalue weighted by atomic mass is 32.2. The Balaban J connectivity index is 1.43. The van der Waals surface area contributed by atoms with Gasteiger partial charge in [0, 0.05) is 11.3 Å². The third-order valence-electron chi connectivity index (χ3n) is 5.37. The van der Waals surface area contributed by atoms with E-state index >= 15 is 0 Å². The molecule has 0 bridgehead atoms. The molecule has 176 valence electrons. The first-order valence-corrected chi connectivity index (χ1v) is 12.1. The summed E-state index contributed by atoms with van der Waals surface area (Å²) >= 11 is 1.59. The zero-order valence-electron chi connectivity index (χ0n) is 19.2. The van der Waals surface area contributed by atoms with Gasteiger partial charge in [0.05, 0.1) is 19.3 Å². The van der Waals surface area contributed by atoms with Crippen LogP contribution in [0.25, 0.3) is 16.8 Å². The molecule has 0 saturated carbocycles. The van der Waals surface area contributed by atoms with Crippen molar-refractivity contribution in [2.75, 3.05) is 12.9 Å². The van der Waals surface area contributed by atoms with E-state index in [9.17, 15) is 0 Å². The second-order valence-electron chi connectivity index (χ2n) is 7.56. The van der Waals surface area contributed by atoms with Crippen molar-refractivity contribution in [2.45, 2.75) is 18.3 Å². The molecule has 2 aromatic heterocycles. The Kier molecular flexibility index (Phi) is 7.05. The molecule has 5 aromatic rings. The summed E-state index contributed by atoms with van der Waals surface area (Å²) in [5, 5.41) is 13.9. The molecule has 0 saturated heterocycles. The van der Waals surface area contributed by atoms with Crippen molar-refractivity contribution in [3.63, 3.8) is 0 Å². The van der Waals surface area contributed by atoms with Crippen molar-refractivity contribution in [1.29, 1.82) is 0 Å². The number of thioether (sulfide) groups is 1. The lowest BCUT2D eigenvalue weighted by molar-refractivity contribution is 0.293. The van der Waals surface area contributed by atoms with Crippen molar-refractivity contribution >= 4 is 11.8 Å². The molecule has 0 fully saturated rings. The predicted octanol–water partition coefficient (Wildman–Crippen LogP) is 4.91. The molecule has 5 rings (SSSR count). The SMILES string of the molecule is COc1ccccc1-n1c(COc2ccccc2-c2ccccc2)nnc1SCCn1cncn1. The first-order valence-electron chi connectivity index (χ1n) is 11.1. The summed E-state index contributed by atoms with van der Waals surface area (Å²) in [6.45, 7) is 0.957. The summed E-state index contributed by atoms with van der Waals surface area (Å²) in [6, 6.07) is 26.0. The van der Waals surface area contributed by atoms with Gasteiger partial charge in [0.25, 0.3) is 0 Å². The highest BCUT2D eigenvalue weighted by Crippen LogP contribution is 2.32. The fourth-order valence-corrected chi connectivity index (χ4v) is 4.61. The molecule has 0 unspecified atom stereocenters. The number of ether oxygens (including phenoxy) is 2. The van der Waals surface area contributed by atoms with Crippen LogP contribution in [0, 0.1) is 0 Å². The summed E-state index contributed by atoms with van der Waals surface area (Å²) in [6.07, 6.45) is 3.24. The number of aryl methyl sites for hydroxylation is 1. The Labute approximate surface area is 207 Å². The van der Waals surface area contributed by atoms with E-state index < -0.39 is 0 Å². The van der Waals surface area contributed by atoms with Gasteiger partial charge in [-0.25, -0.2) is 4.98 Å². The normalized spacial score (nSPS) is 10.9. The summed E-state index contributed by atoms with van der Waals surface area (Å²) in [5.74, 6) is 2.96. The number of para-hydroxylation sites is 3. The van der Waals surface area contributed by atoms with Crippen molar-refractivity contribution in [1.82, 2.24) is 29.5 Å². The Bertz CT molecular complexity index is 1370. The van der Waals surface area contributed by atoms with Crippen molar-refractivity contribution in [3.8, 4) is 28.3 Å². The van der Waals surface area contributed by atoms with Gasteiger partial charge in [0.2, 0.25) is 0 Å². The number of hydrogen-bond donors (Lipinski definition) is 0. The Morgan fingerprint density at radius 2 is 1.63 bits per heavy atom. The zero-order chi connectivity index (χ0) is 23.9. The van der Waals surface area contributed by atoms with Crippen LogP contribution in [-0.2, 0) is 13.2 Å². The minimum absolute atomic E-state index is 0.249. The molecule has 0 atom stereocenters. The highest BCUT2D eigenvalue weighted by Gasteiger charge is 2.18. The first kappa shape index (κ1) is 22.7. The quantitative estimate of drug-likeness (QED) is 0.261. The molecule has 0 aliphatic carbocycles. The van der Waals surface area contributed by atoms with Crippen LogP contribution in [0.15, 0.2) is 96.7 Å². The maximum Gasteiger partial charge on any atom is 0.196 e.